The minimum Gasteiger partial charge on any atom is -0.478 e. The highest BCUT2D eigenvalue weighted by molar-refractivity contribution is 6.01. The third kappa shape index (κ3) is 5.15. The van der Waals surface area contributed by atoms with E-state index in [2.05, 4.69) is 5.32 Å². The molecule has 4 aromatic rings. The van der Waals surface area contributed by atoms with Gasteiger partial charge < -0.3 is 15.2 Å². The number of benzene rings is 4. The van der Waals surface area contributed by atoms with Crippen LogP contribution in [0.25, 0.3) is 11.1 Å². The van der Waals surface area contributed by atoms with E-state index in [4.69, 9.17) is 4.74 Å². The molecule has 1 aliphatic rings. The van der Waals surface area contributed by atoms with E-state index in [0.717, 1.165) is 40.8 Å². The Bertz CT molecular complexity index is 1350. The summed E-state index contributed by atoms with van der Waals surface area (Å²) in [4.78, 5) is 24.8. The van der Waals surface area contributed by atoms with Gasteiger partial charge in [-0.15, -0.1) is 0 Å². The fraction of sp³-hybridized carbons (Fsp3) is 0.161. The van der Waals surface area contributed by atoms with Crippen molar-refractivity contribution >= 4 is 17.6 Å². The topological polar surface area (TPSA) is 75.6 Å². The molecule has 1 saturated carbocycles. The number of amides is 1. The molecule has 4 aromatic carbocycles. The zero-order valence-corrected chi connectivity index (χ0v) is 19.8. The lowest BCUT2D eigenvalue weighted by Gasteiger charge is -2.17. The standard InChI is InChI=1S/C31H27NO4/c33-29(34)28(20-22-8-3-1-4-9-22)36-27-13-7-10-24(21-27)23-14-16-26(17-15-23)32-30(35)31(18-19-31)25-11-5-2-6-12-25/h1-17,21,28H,18-20H2,(H,32,35)(H,33,34). The predicted octanol–water partition coefficient (Wildman–Crippen LogP) is 6.10. The van der Waals surface area contributed by atoms with Gasteiger partial charge >= 0.3 is 5.97 Å². The molecule has 0 saturated heterocycles. The fourth-order valence-corrected chi connectivity index (χ4v) is 4.45. The number of aliphatic carboxylic acids is 1. The Morgan fingerprint density at radius 2 is 1.47 bits per heavy atom. The van der Waals surface area contributed by atoms with E-state index in [-0.39, 0.29) is 12.3 Å². The van der Waals surface area contributed by atoms with Gasteiger partial charge in [-0.05, 0) is 59.4 Å². The van der Waals surface area contributed by atoms with E-state index < -0.39 is 17.5 Å². The number of hydrogen-bond acceptors (Lipinski definition) is 3. The maximum absolute atomic E-state index is 13.0. The Hall–Kier alpha value is -4.38. The highest BCUT2D eigenvalue weighted by Gasteiger charge is 2.51. The van der Waals surface area contributed by atoms with Crippen molar-refractivity contribution < 1.29 is 19.4 Å². The number of carbonyl (C=O) groups excluding carboxylic acids is 1. The second-order valence-corrected chi connectivity index (χ2v) is 9.14. The molecule has 0 heterocycles. The number of carboxylic acid groups (broad SMARTS) is 1. The first-order valence-corrected chi connectivity index (χ1v) is 12.0. The summed E-state index contributed by atoms with van der Waals surface area (Å²) in [5.74, 6) is -0.491. The van der Waals surface area contributed by atoms with Gasteiger partial charge in [-0.25, -0.2) is 4.79 Å². The van der Waals surface area contributed by atoms with Gasteiger partial charge in [0.1, 0.15) is 5.75 Å². The molecule has 180 valence electrons. The van der Waals surface area contributed by atoms with Gasteiger partial charge in [0.2, 0.25) is 5.91 Å². The zero-order chi connectivity index (χ0) is 25.0. The Balaban J connectivity index is 1.27. The largest absolute Gasteiger partial charge is 0.478 e. The molecule has 1 fully saturated rings. The van der Waals surface area contributed by atoms with Gasteiger partial charge in [-0.1, -0.05) is 84.9 Å². The summed E-state index contributed by atoms with van der Waals surface area (Å²) in [5, 5.41) is 12.7. The van der Waals surface area contributed by atoms with Crippen LogP contribution in [0.15, 0.2) is 109 Å². The van der Waals surface area contributed by atoms with E-state index in [1.807, 2.05) is 103 Å². The zero-order valence-electron chi connectivity index (χ0n) is 19.8. The van der Waals surface area contributed by atoms with Crippen LogP contribution in [-0.4, -0.2) is 23.1 Å². The molecule has 1 amide bonds. The lowest BCUT2D eigenvalue weighted by atomic mass is 9.95. The second-order valence-electron chi connectivity index (χ2n) is 9.14. The van der Waals surface area contributed by atoms with E-state index in [9.17, 15) is 14.7 Å². The molecule has 0 aromatic heterocycles. The number of carboxylic acids is 1. The third-order valence-corrected chi connectivity index (χ3v) is 6.64. The Morgan fingerprint density at radius 1 is 0.806 bits per heavy atom. The predicted molar refractivity (Wildman–Crippen MR) is 140 cm³/mol. The van der Waals surface area contributed by atoms with Gasteiger partial charge in [0.05, 0.1) is 5.41 Å². The molecule has 0 spiro atoms. The molecule has 36 heavy (non-hydrogen) atoms. The number of hydrogen-bond donors (Lipinski definition) is 2. The molecular weight excluding hydrogens is 450 g/mol. The molecule has 2 N–H and O–H groups in total. The smallest absolute Gasteiger partial charge is 0.345 e. The molecule has 0 aliphatic heterocycles. The quantitative estimate of drug-likeness (QED) is 0.305. The first-order valence-electron chi connectivity index (χ1n) is 12.0. The highest BCUT2D eigenvalue weighted by Crippen LogP contribution is 2.49. The van der Waals surface area contributed by atoms with Gasteiger partial charge in [0.15, 0.2) is 6.10 Å². The van der Waals surface area contributed by atoms with Crippen LogP contribution >= 0.6 is 0 Å². The molecule has 5 heteroatoms. The first-order chi connectivity index (χ1) is 17.5. The normalized spacial score (nSPS) is 14.4. The van der Waals surface area contributed by atoms with Crippen molar-refractivity contribution in [2.45, 2.75) is 30.8 Å². The van der Waals surface area contributed by atoms with Gasteiger partial charge in [-0.2, -0.15) is 0 Å². The molecule has 1 atom stereocenters. The first kappa shape index (κ1) is 23.4. The van der Waals surface area contributed by atoms with Crippen LogP contribution in [0.4, 0.5) is 5.69 Å². The maximum Gasteiger partial charge on any atom is 0.345 e. The van der Waals surface area contributed by atoms with Crippen molar-refractivity contribution in [3.05, 3.63) is 120 Å². The monoisotopic (exact) mass is 477 g/mol. The van der Waals surface area contributed by atoms with Crippen LogP contribution in [0, 0.1) is 0 Å². The van der Waals surface area contributed by atoms with Crippen molar-refractivity contribution in [1.29, 1.82) is 0 Å². The van der Waals surface area contributed by atoms with Crippen molar-refractivity contribution in [2.24, 2.45) is 0 Å². The number of carbonyl (C=O) groups is 2. The van der Waals surface area contributed by atoms with Gasteiger partial charge in [0, 0.05) is 12.1 Å². The maximum atomic E-state index is 13.0. The second kappa shape index (κ2) is 10.1. The van der Waals surface area contributed by atoms with Crippen LogP contribution in [0.3, 0.4) is 0 Å². The van der Waals surface area contributed by atoms with Gasteiger partial charge in [0.25, 0.3) is 0 Å². The van der Waals surface area contributed by atoms with Crippen molar-refractivity contribution in [2.75, 3.05) is 5.32 Å². The van der Waals surface area contributed by atoms with Crippen LogP contribution in [0.2, 0.25) is 0 Å². The summed E-state index contributed by atoms with van der Waals surface area (Å²) < 4.78 is 5.85. The van der Waals surface area contributed by atoms with Crippen molar-refractivity contribution in [3.8, 4) is 16.9 Å². The van der Waals surface area contributed by atoms with Crippen LogP contribution in [-0.2, 0) is 21.4 Å². The number of nitrogens with one attached hydrogen (secondary N) is 1. The average molecular weight is 478 g/mol. The molecule has 1 unspecified atom stereocenters. The summed E-state index contributed by atoms with van der Waals surface area (Å²) in [7, 11) is 0. The van der Waals surface area contributed by atoms with Crippen molar-refractivity contribution in [1.82, 2.24) is 0 Å². The highest BCUT2D eigenvalue weighted by atomic mass is 16.5. The van der Waals surface area contributed by atoms with Crippen molar-refractivity contribution in [3.63, 3.8) is 0 Å². The molecule has 5 nitrogen and oxygen atoms in total. The molecule has 0 radical (unpaired) electrons. The summed E-state index contributed by atoms with van der Waals surface area (Å²) in [6, 6.07) is 34.4. The van der Waals surface area contributed by atoms with E-state index in [0.29, 0.717) is 5.75 Å². The Labute approximate surface area is 210 Å². The van der Waals surface area contributed by atoms with Crippen LogP contribution in [0.5, 0.6) is 5.75 Å². The van der Waals surface area contributed by atoms with Crippen LogP contribution < -0.4 is 10.1 Å². The third-order valence-electron chi connectivity index (χ3n) is 6.64. The minimum absolute atomic E-state index is 0.0231. The number of rotatable bonds is 9. The summed E-state index contributed by atoms with van der Waals surface area (Å²) >= 11 is 0. The van der Waals surface area contributed by atoms with E-state index >= 15 is 0 Å². The SMILES string of the molecule is O=C(O)C(Cc1ccccc1)Oc1cccc(-c2ccc(NC(=O)C3(c4ccccc4)CC3)cc2)c1. The molecular formula is C31H27NO4. The average Bonchev–Trinajstić information content (AvgIpc) is 3.72. The number of anilines is 1. The van der Waals surface area contributed by atoms with E-state index in [1.54, 1.807) is 6.07 Å². The van der Waals surface area contributed by atoms with E-state index in [1.165, 1.54) is 0 Å². The molecule has 5 rings (SSSR count). The lowest BCUT2D eigenvalue weighted by molar-refractivity contribution is -0.145. The fourth-order valence-electron chi connectivity index (χ4n) is 4.45. The summed E-state index contributed by atoms with van der Waals surface area (Å²) in [6.45, 7) is 0. The number of ether oxygens (including phenoxy) is 1. The molecule has 0 bridgehead atoms. The summed E-state index contributed by atoms with van der Waals surface area (Å²) in [6.07, 6.45) is 1.00. The summed E-state index contributed by atoms with van der Waals surface area (Å²) in [5.41, 5.74) is 4.12. The Kier molecular flexibility index (Phi) is 6.54. The lowest BCUT2D eigenvalue weighted by Crippen LogP contribution is -2.29. The minimum atomic E-state index is -1.01. The molecule has 1 aliphatic carbocycles. The van der Waals surface area contributed by atoms with Gasteiger partial charge in [-0.3, -0.25) is 4.79 Å². The van der Waals surface area contributed by atoms with Crippen LogP contribution in [0.1, 0.15) is 24.0 Å². The Morgan fingerprint density at radius 3 is 2.11 bits per heavy atom.